The second kappa shape index (κ2) is 16.9. The van der Waals surface area contributed by atoms with Gasteiger partial charge in [0.05, 0.1) is 25.6 Å². The summed E-state index contributed by atoms with van der Waals surface area (Å²) in [5.74, 6) is -7.14. The summed E-state index contributed by atoms with van der Waals surface area (Å²) in [6, 6.07) is -5.74. The minimum absolute atomic E-state index is 0.113. The van der Waals surface area contributed by atoms with Crippen molar-refractivity contribution in [3.63, 3.8) is 0 Å². The van der Waals surface area contributed by atoms with Crippen LogP contribution in [0.25, 0.3) is 0 Å². The fourth-order valence-corrected chi connectivity index (χ4v) is 2.75. The fraction of sp³-hybridized carbons (Fsp3) is 0.611. The van der Waals surface area contributed by atoms with Crippen molar-refractivity contribution < 1.29 is 44.1 Å². The molecule has 0 bridgehead atoms. The number of aliphatic hydroxyl groups excluding tert-OH is 1. The zero-order valence-electron chi connectivity index (χ0n) is 19.2. The maximum Gasteiger partial charge on any atom is 0.327 e. The van der Waals surface area contributed by atoms with Crippen LogP contribution < -0.4 is 38.5 Å². The van der Waals surface area contributed by atoms with Crippen molar-refractivity contribution in [2.75, 3.05) is 25.4 Å². The van der Waals surface area contributed by atoms with Crippen LogP contribution >= 0.6 is 12.6 Å². The quantitative estimate of drug-likeness (QED) is 0.0359. The maximum atomic E-state index is 12.5. The Labute approximate surface area is 211 Å². The van der Waals surface area contributed by atoms with Crippen molar-refractivity contribution in [3.05, 3.63) is 0 Å². The van der Waals surface area contributed by atoms with E-state index in [4.69, 9.17) is 27.4 Å². The molecule has 0 saturated carbocycles. The van der Waals surface area contributed by atoms with Gasteiger partial charge in [0.1, 0.15) is 18.1 Å². The molecule has 0 saturated heterocycles. The number of aliphatic carboxylic acids is 2. The summed E-state index contributed by atoms with van der Waals surface area (Å²) in [5.41, 5.74) is 16.1. The van der Waals surface area contributed by atoms with Gasteiger partial charge in [-0.15, -0.1) is 0 Å². The number of carbonyl (C=O) groups is 6. The Morgan fingerprint density at radius 3 is 1.97 bits per heavy atom. The van der Waals surface area contributed by atoms with Gasteiger partial charge in [0, 0.05) is 12.3 Å². The number of nitrogens with zero attached hydrogens (tertiary/aromatic N) is 1. The van der Waals surface area contributed by atoms with Gasteiger partial charge in [-0.3, -0.25) is 29.0 Å². The van der Waals surface area contributed by atoms with Gasteiger partial charge in [-0.05, 0) is 12.8 Å². The SMILES string of the molecule is NC(N)=NCCC[C@H](N)C(=O)NCC(=O)N[C@@H](CC(=O)O)C(=O)N[C@@H](CO)C(=O)N[C@@H](CS)C(=O)O. The summed E-state index contributed by atoms with van der Waals surface area (Å²) in [6.45, 7) is -1.36. The van der Waals surface area contributed by atoms with Crippen molar-refractivity contribution in [1.29, 1.82) is 0 Å². The van der Waals surface area contributed by atoms with E-state index in [0.717, 1.165) is 0 Å². The summed E-state index contributed by atoms with van der Waals surface area (Å²) in [6.07, 6.45) is -0.306. The van der Waals surface area contributed by atoms with E-state index in [1.807, 2.05) is 10.6 Å². The molecule has 0 radical (unpaired) electrons. The van der Waals surface area contributed by atoms with Crippen LogP contribution in [0.3, 0.4) is 0 Å². The number of aliphatic hydroxyl groups is 1. The number of hydrogen-bond acceptors (Lipinski definition) is 10. The number of thiol groups is 1. The number of nitrogens with two attached hydrogens (primary N) is 3. The summed E-state index contributed by atoms with van der Waals surface area (Å²) < 4.78 is 0. The van der Waals surface area contributed by atoms with Gasteiger partial charge in [-0.2, -0.15) is 12.6 Å². The second-order valence-corrected chi connectivity index (χ2v) is 7.68. The molecule has 0 heterocycles. The average molecular weight is 537 g/mol. The molecule has 17 nitrogen and oxygen atoms in total. The van der Waals surface area contributed by atoms with Gasteiger partial charge in [-0.25, -0.2) is 4.79 Å². The minimum atomic E-state index is -1.69. The highest BCUT2D eigenvalue weighted by Gasteiger charge is 2.30. The van der Waals surface area contributed by atoms with Crippen LogP contribution in [-0.2, 0) is 28.8 Å². The topological polar surface area (TPSA) is 302 Å². The van der Waals surface area contributed by atoms with E-state index >= 15 is 0 Å². The Bertz CT molecular complexity index is 837. The van der Waals surface area contributed by atoms with E-state index in [-0.39, 0.29) is 24.7 Å². The molecule has 18 heteroatoms. The number of hydrogen-bond donors (Lipinski definition) is 11. The maximum absolute atomic E-state index is 12.5. The largest absolute Gasteiger partial charge is 0.481 e. The molecule has 0 fully saturated rings. The molecule has 0 aromatic rings. The van der Waals surface area contributed by atoms with Gasteiger partial charge in [0.2, 0.25) is 23.6 Å². The Hall–Kier alpha value is -3.64. The van der Waals surface area contributed by atoms with E-state index in [9.17, 15) is 33.9 Å². The highest BCUT2D eigenvalue weighted by atomic mass is 32.1. The number of nitrogens with one attached hydrogen (secondary N) is 4. The number of amides is 4. The van der Waals surface area contributed by atoms with Gasteiger partial charge < -0.3 is 53.8 Å². The first-order valence-electron chi connectivity index (χ1n) is 10.5. The smallest absolute Gasteiger partial charge is 0.327 e. The van der Waals surface area contributed by atoms with Crippen molar-refractivity contribution in [2.24, 2.45) is 22.2 Å². The first kappa shape index (κ1) is 32.4. The van der Waals surface area contributed by atoms with E-state index in [2.05, 4.69) is 28.3 Å². The minimum Gasteiger partial charge on any atom is -0.481 e. The second-order valence-electron chi connectivity index (χ2n) is 7.32. The van der Waals surface area contributed by atoms with Crippen molar-refractivity contribution in [1.82, 2.24) is 21.3 Å². The van der Waals surface area contributed by atoms with Crippen LogP contribution in [0.4, 0.5) is 0 Å². The lowest BCUT2D eigenvalue weighted by Crippen LogP contribution is -2.58. The van der Waals surface area contributed by atoms with Crippen LogP contribution in [0.5, 0.6) is 0 Å². The molecule has 36 heavy (non-hydrogen) atoms. The number of guanidine groups is 1. The number of carboxylic acid groups (broad SMARTS) is 2. The number of carbonyl (C=O) groups excluding carboxylic acids is 4. The molecule has 0 aromatic heterocycles. The lowest BCUT2D eigenvalue weighted by atomic mass is 10.1. The Balaban J connectivity index is 4.96. The van der Waals surface area contributed by atoms with Crippen LogP contribution in [0.15, 0.2) is 4.99 Å². The Morgan fingerprint density at radius 1 is 0.889 bits per heavy atom. The van der Waals surface area contributed by atoms with Crippen LogP contribution in [0.1, 0.15) is 19.3 Å². The first-order chi connectivity index (χ1) is 16.8. The summed E-state index contributed by atoms with van der Waals surface area (Å²) in [4.78, 5) is 74.7. The van der Waals surface area contributed by atoms with E-state index in [1.165, 1.54) is 0 Å². The molecule has 0 aromatic carbocycles. The monoisotopic (exact) mass is 536 g/mol. The zero-order valence-corrected chi connectivity index (χ0v) is 20.1. The molecule has 0 aliphatic carbocycles. The molecule has 204 valence electrons. The van der Waals surface area contributed by atoms with E-state index in [0.29, 0.717) is 6.42 Å². The number of aliphatic imine (C=N–C) groups is 1. The third-order valence-corrected chi connectivity index (χ3v) is 4.74. The Kier molecular flexibility index (Phi) is 15.2. The normalized spacial score (nSPS) is 13.8. The first-order valence-corrected chi connectivity index (χ1v) is 11.1. The van der Waals surface area contributed by atoms with Gasteiger partial charge in [0.25, 0.3) is 0 Å². The Morgan fingerprint density at radius 2 is 1.47 bits per heavy atom. The highest BCUT2D eigenvalue weighted by Crippen LogP contribution is 1.98. The molecule has 4 atom stereocenters. The van der Waals surface area contributed by atoms with Crippen LogP contribution in [-0.4, -0.2) is 106 Å². The predicted molar refractivity (Wildman–Crippen MR) is 128 cm³/mol. The predicted octanol–water partition coefficient (Wildman–Crippen LogP) is -5.58. The fourth-order valence-electron chi connectivity index (χ4n) is 2.50. The zero-order chi connectivity index (χ0) is 27.8. The lowest BCUT2D eigenvalue weighted by Gasteiger charge is -2.22. The van der Waals surface area contributed by atoms with Crippen molar-refractivity contribution >= 4 is 54.2 Å². The molecule has 0 spiro atoms. The average Bonchev–Trinajstić information content (AvgIpc) is 2.80. The van der Waals surface area contributed by atoms with E-state index < -0.39 is 79.3 Å². The van der Waals surface area contributed by atoms with Gasteiger partial charge in [-0.1, -0.05) is 0 Å². The summed E-state index contributed by atoms with van der Waals surface area (Å²) >= 11 is 3.77. The standard InChI is InChI=1S/C18H32N8O9S/c19-8(2-1-3-22-18(20)21)14(31)23-5-12(28)24-9(4-13(29)30)15(32)25-10(6-27)16(33)26-11(7-36)17(34)35/h8-11,27,36H,1-7,19H2,(H,23,31)(H,24,28)(H,25,32)(H,26,33)(H,29,30)(H,34,35)(H4,20,21,22)/t8-,9-,10-,11-/m0/s1. The van der Waals surface area contributed by atoms with Crippen LogP contribution in [0, 0.1) is 0 Å². The summed E-state index contributed by atoms with van der Waals surface area (Å²) in [7, 11) is 0. The molecule has 13 N–H and O–H groups in total. The van der Waals surface area contributed by atoms with Crippen molar-refractivity contribution in [3.8, 4) is 0 Å². The molecular formula is C18H32N8O9S. The molecule has 0 aliphatic heterocycles. The van der Waals surface area contributed by atoms with Gasteiger partial charge in [0.15, 0.2) is 5.96 Å². The lowest BCUT2D eigenvalue weighted by molar-refractivity contribution is -0.143. The number of carboxylic acids is 2. The third kappa shape index (κ3) is 13.3. The third-order valence-electron chi connectivity index (χ3n) is 4.37. The molecular weight excluding hydrogens is 504 g/mol. The molecule has 4 amide bonds. The summed E-state index contributed by atoms with van der Waals surface area (Å²) in [5, 5.41) is 35.8. The van der Waals surface area contributed by atoms with E-state index in [1.54, 1.807) is 0 Å². The van der Waals surface area contributed by atoms with Crippen LogP contribution in [0.2, 0.25) is 0 Å². The highest BCUT2D eigenvalue weighted by molar-refractivity contribution is 7.80. The van der Waals surface area contributed by atoms with Gasteiger partial charge >= 0.3 is 11.9 Å². The molecule has 0 aliphatic rings. The number of rotatable bonds is 17. The van der Waals surface area contributed by atoms with Crippen molar-refractivity contribution in [2.45, 2.75) is 43.4 Å². The molecule has 0 unspecified atom stereocenters. The molecule has 0 rings (SSSR count).